The highest BCUT2D eigenvalue weighted by Gasteiger charge is 2.49. The van der Waals surface area contributed by atoms with Gasteiger partial charge in [-0.1, -0.05) is 30.3 Å². The maximum Gasteiger partial charge on any atom is 0.278 e. The maximum absolute atomic E-state index is 13.4. The predicted octanol–water partition coefficient (Wildman–Crippen LogP) is 4.54. The number of aliphatic imine (C=N–C) groups is 1. The molecule has 1 aliphatic heterocycles. The number of amidine groups is 1. The third-order valence-corrected chi connectivity index (χ3v) is 5.05. The molecule has 3 aromatic rings. The molecule has 0 N–H and O–H groups in total. The number of hydrogen-bond acceptors (Lipinski definition) is 3. The van der Waals surface area contributed by atoms with Crippen LogP contribution in [0.4, 0.5) is 10.1 Å². The van der Waals surface area contributed by atoms with Gasteiger partial charge in [0.05, 0.1) is 7.11 Å². The summed E-state index contributed by atoms with van der Waals surface area (Å²) in [5.41, 5.74) is 1.27. The van der Waals surface area contributed by atoms with Crippen LogP contribution in [0.1, 0.15) is 18.1 Å². The summed E-state index contributed by atoms with van der Waals surface area (Å²) in [5.74, 6) is 0.594. The molecule has 0 spiro atoms. The first kappa shape index (κ1) is 17.9. The normalized spacial score (nSPS) is 18.9. The fourth-order valence-electron chi connectivity index (χ4n) is 3.48. The van der Waals surface area contributed by atoms with Crippen LogP contribution < -0.4 is 9.64 Å². The summed E-state index contributed by atoms with van der Waals surface area (Å²) in [5, 5.41) is 0. The molecular formula is C23H19FN2O2. The van der Waals surface area contributed by atoms with Crippen LogP contribution in [0.25, 0.3) is 0 Å². The van der Waals surface area contributed by atoms with E-state index in [1.54, 1.807) is 19.2 Å². The third kappa shape index (κ3) is 2.85. The lowest BCUT2D eigenvalue weighted by Gasteiger charge is -2.36. The lowest BCUT2D eigenvalue weighted by molar-refractivity contribution is -0.121. The molecule has 0 radical (unpaired) electrons. The minimum Gasteiger partial charge on any atom is -0.497 e. The van der Waals surface area contributed by atoms with Crippen molar-refractivity contribution in [2.45, 2.75) is 12.5 Å². The molecule has 140 valence electrons. The van der Waals surface area contributed by atoms with Gasteiger partial charge in [0.15, 0.2) is 0 Å². The molecule has 5 heteroatoms. The Bertz CT molecular complexity index is 1030. The fraction of sp³-hybridized carbons (Fsp3) is 0.130. The SMILES string of the molecule is COc1ccc(C2(C)C(=O)N=C(c3ccc(F)cc3)N2c2ccccc2)cc1. The number of rotatable bonds is 4. The van der Waals surface area contributed by atoms with E-state index >= 15 is 0 Å². The molecule has 3 aromatic carbocycles. The van der Waals surface area contributed by atoms with Gasteiger partial charge in [-0.05, 0) is 61.0 Å². The van der Waals surface area contributed by atoms with E-state index < -0.39 is 5.54 Å². The number of para-hydroxylation sites is 1. The van der Waals surface area contributed by atoms with Gasteiger partial charge in [-0.15, -0.1) is 0 Å². The molecule has 28 heavy (non-hydrogen) atoms. The highest BCUT2D eigenvalue weighted by Crippen LogP contribution is 2.40. The van der Waals surface area contributed by atoms with Gasteiger partial charge in [-0.3, -0.25) is 4.79 Å². The summed E-state index contributed by atoms with van der Waals surface area (Å²) in [7, 11) is 1.60. The Hall–Kier alpha value is -3.47. The molecule has 0 bridgehead atoms. The first-order valence-corrected chi connectivity index (χ1v) is 8.93. The van der Waals surface area contributed by atoms with Crippen LogP contribution in [0.3, 0.4) is 0 Å². The van der Waals surface area contributed by atoms with Crippen molar-refractivity contribution >= 4 is 17.4 Å². The number of carbonyl (C=O) groups excluding carboxylic acids is 1. The number of carbonyl (C=O) groups is 1. The van der Waals surface area contributed by atoms with Crippen molar-refractivity contribution in [3.8, 4) is 5.75 Å². The summed E-state index contributed by atoms with van der Waals surface area (Å²) in [6, 6.07) is 23.0. The van der Waals surface area contributed by atoms with Crippen LogP contribution in [-0.2, 0) is 10.3 Å². The molecule has 0 saturated heterocycles. The van der Waals surface area contributed by atoms with Crippen molar-refractivity contribution in [3.63, 3.8) is 0 Å². The second-order valence-electron chi connectivity index (χ2n) is 6.72. The maximum atomic E-state index is 13.4. The molecule has 1 unspecified atom stereocenters. The number of benzene rings is 3. The van der Waals surface area contributed by atoms with Gasteiger partial charge in [-0.25, -0.2) is 4.39 Å². The Morgan fingerprint density at radius 3 is 2.18 bits per heavy atom. The molecule has 0 saturated carbocycles. The molecule has 0 aromatic heterocycles. The van der Waals surface area contributed by atoms with E-state index in [4.69, 9.17) is 4.74 Å². The summed E-state index contributed by atoms with van der Waals surface area (Å²) in [6.45, 7) is 1.85. The largest absolute Gasteiger partial charge is 0.497 e. The average Bonchev–Trinajstić information content (AvgIpc) is 3.01. The van der Waals surface area contributed by atoms with E-state index in [-0.39, 0.29) is 11.7 Å². The Morgan fingerprint density at radius 2 is 1.57 bits per heavy atom. The van der Waals surface area contributed by atoms with Gasteiger partial charge in [-0.2, -0.15) is 4.99 Å². The Labute approximate surface area is 162 Å². The highest BCUT2D eigenvalue weighted by atomic mass is 19.1. The van der Waals surface area contributed by atoms with Crippen LogP contribution in [0, 0.1) is 5.82 Å². The molecule has 4 nitrogen and oxygen atoms in total. The predicted molar refractivity (Wildman–Crippen MR) is 107 cm³/mol. The van der Waals surface area contributed by atoms with Crippen molar-refractivity contribution in [3.05, 3.63) is 95.8 Å². The Kier molecular flexibility index (Phi) is 4.43. The number of methoxy groups -OCH3 is 1. The van der Waals surface area contributed by atoms with Crippen LogP contribution in [0.5, 0.6) is 5.75 Å². The number of anilines is 1. The van der Waals surface area contributed by atoms with E-state index in [2.05, 4.69) is 4.99 Å². The van der Waals surface area contributed by atoms with Gasteiger partial charge in [0.25, 0.3) is 5.91 Å². The number of hydrogen-bond donors (Lipinski definition) is 0. The number of nitrogens with zero attached hydrogens (tertiary/aromatic N) is 2. The second-order valence-corrected chi connectivity index (χ2v) is 6.72. The van der Waals surface area contributed by atoms with Crippen molar-refractivity contribution in [1.29, 1.82) is 0 Å². The van der Waals surface area contributed by atoms with Crippen molar-refractivity contribution in [1.82, 2.24) is 0 Å². The van der Waals surface area contributed by atoms with Crippen molar-refractivity contribution in [2.24, 2.45) is 4.99 Å². The van der Waals surface area contributed by atoms with Crippen molar-refractivity contribution in [2.75, 3.05) is 12.0 Å². The van der Waals surface area contributed by atoms with Gasteiger partial charge < -0.3 is 9.64 Å². The van der Waals surface area contributed by atoms with E-state index in [0.29, 0.717) is 17.1 Å². The second kappa shape index (κ2) is 6.93. The monoisotopic (exact) mass is 374 g/mol. The molecule has 1 aliphatic rings. The van der Waals surface area contributed by atoms with Gasteiger partial charge in [0, 0.05) is 11.3 Å². The van der Waals surface area contributed by atoms with Crippen LogP contribution in [-0.4, -0.2) is 18.9 Å². The Balaban J connectivity index is 1.88. The fourth-order valence-corrected chi connectivity index (χ4v) is 3.48. The van der Waals surface area contributed by atoms with E-state index in [1.807, 2.05) is 66.4 Å². The number of ether oxygens (including phenoxy) is 1. The van der Waals surface area contributed by atoms with Crippen LogP contribution in [0.2, 0.25) is 0 Å². The van der Waals surface area contributed by atoms with Gasteiger partial charge >= 0.3 is 0 Å². The molecule has 4 rings (SSSR count). The topological polar surface area (TPSA) is 41.9 Å². The first-order valence-electron chi connectivity index (χ1n) is 8.93. The van der Waals surface area contributed by atoms with Gasteiger partial charge in [0.2, 0.25) is 0 Å². The lowest BCUT2D eigenvalue weighted by atomic mass is 9.89. The minimum atomic E-state index is -1.03. The summed E-state index contributed by atoms with van der Waals surface area (Å²) >= 11 is 0. The molecule has 1 amide bonds. The van der Waals surface area contributed by atoms with E-state index in [0.717, 1.165) is 11.3 Å². The Morgan fingerprint density at radius 1 is 0.929 bits per heavy atom. The van der Waals surface area contributed by atoms with Gasteiger partial charge in [0.1, 0.15) is 22.9 Å². The van der Waals surface area contributed by atoms with Crippen molar-refractivity contribution < 1.29 is 13.9 Å². The summed E-state index contributed by atoms with van der Waals surface area (Å²) in [6.07, 6.45) is 0. The van der Waals surface area contributed by atoms with E-state index in [1.165, 1.54) is 12.1 Å². The van der Waals surface area contributed by atoms with E-state index in [9.17, 15) is 9.18 Å². The molecule has 1 atom stereocenters. The molecule has 0 fully saturated rings. The lowest BCUT2D eigenvalue weighted by Crippen LogP contribution is -2.47. The molecular weight excluding hydrogens is 355 g/mol. The quantitative estimate of drug-likeness (QED) is 0.673. The van der Waals surface area contributed by atoms with Crippen LogP contribution >= 0.6 is 0 Å². The third-order valence-electron chi connectivity index (χ3n) is 5.05. The first-order chi connectivity index (χ1) is 13.5. The smallest absolute Gasteiger partial charge is 0.278 e. The molecule has 0 aliphatic carbocycles. The molecule has 1 heterocycles. The average molecular weight is 374 g/mol. The number of amides is 1. The van der Waals surface area contributed by atoms with Crippen LogP contribution in [0.15, 0.2) is 83.9 Å². The zero-order valence-electron chi connectivity index (χ0n) is 15.6. The zero-order valence-corrected chi connectivity index (χ0v) is 15.6. The number of halogens is 1. The highest BCUT2D eigenvalue weighted by molar-refractivity contribution is 6.23. The minimum absolute atomic E-state index is 0.277. The standard InChI is InChI=1S/C23H19FN2O2/c1-23(17-10-14-20(28-2)15-11-17)22(27)25-21(16-8-12-18(24)13-9-16)26(23)19-6-4-3-5-7-19/h3-15H,1-2H3. The summed E-state index contributed by atoms with van der Waals surface area (Å²) < 4.78 is 18.7. The summed E-state index contributed by atoms with van der Waals surface area (Å²) in [4.78, 5) is 19.4. The zero-order chi connectivity index (χ0) is 19.7.